The lowest BCUT2D eigenvalue weighted by Crippen LogP contribution is -2.48. The highest BCUT2D eigenvalue weighted by molar-refractivity contribution is 5.70. The van der Waals surface area contributed by atoms with Gasteiger partial charge in [-0.3, -0.25) is 4.79 Å². The van der Waals surface area contributed by atoms with Crippen LogP contribution in [0.3, 0.4) is 0 Å². The number of carbonyl (C=O) groups excluding carboxylic acids is 1. The molecule has 0 saturated heterocycles. The molecule has 7 heteroatoms. The van der Waals surface area contributed by atoms with Crippen LogP contribution < -0.4 is 0 Å². The normalized spacial score (nSPS) is 16.5. The summed E-state index contributed by atoms with van der Waals surface area (Å²) in [7, 11) is 1.56. The maximum absolute atomic E-state index is 12.0. The smallest absolute Gasteiger partial charge is 0.443 e. The van der Waals surface area contributed by atoms with Crippen LogP contribution in [0.4, 0.5) is 13.2 Å². The quantitative estimate of drug-likeness (QED) is 0.533. The van der Waals surface area contributed by atoms with Gasteiger partial charge in [0.15, 0.2) is 0 Å². The van der Waals surface area contributed by atoms with Gasteiger partial charge in [-0.25, -0.2) is 0 Å². The molecule has 1 atom stereocenters. The Morgan fingerprint density at radius 1 is 1.38 bits per heavy atom. The molecule has 0 fully saturated rings. The molecule has 0 radical (unpaired) electrons. The van der Waals surface area contributed by atoms with Crippen LogP contribution in [0.15, 0.2) is 0 Å². The number of aliphatic hydroxyl groups is 1. The third-order valence-corrected chi connectivity index (χ3v) is 1.39. The molecule has 0 spiro atoms. The summed E-state index contributed by atoms with van der Waals surface area (Å²) in [6.07, 6.45) is -6.32. The fourth-order valence-corrected chi connectivity index (χ4v) is 0.556. The molecule has 1 N–H and O–H groups in total. The third kappa shape index (κ3) is 2.85. The lowest BCUT2D eigenvalue weighted by Gasteiger charge is -2.27. The first-order valence-electron chi connectivity index (χ1n) is 3.18. The van der Waals surface area contributed by atoms with E-state index in [4.69, 9.17) is 5.11 Å². The van der Waals surface area contributed by atoms with Crippen LogP contribution in [0.25, 0.3) is 0 Å². The van der Waals surface area contributed by atoms with Crippen molar-refractivity contribution >= 4 is 5.97 Å². The first-order chi connectivity index (χ1) is 5.77. The number of halogens is 3. The van der Waals surface area contributed by atoms with Crippen molar-refractivity contribution in [3.8, 4) is 0 Å². The zero-order chi connectivity index (χ0) is 10.7. The van der Waals surface area contributed by atoms with Crippen LogP contribution in [0.1, 0.15) is 6.42 Å². The van der Waals surface area contributed by atoms with E-state index in [0.717, 1.165) is 7.11 Å². The van der Waals surface area contributed by atoms with Gasteiger partial charge < -0.3 is 14.6 Å². The molecule has 0 bridgehead atoms. The Kier molecular flexibility index (Phi) is 3.68. The molecule has 0 amide bonds. The molecular formula is C6H9F3O4. The molecule has 78 valence electrons. The lowest BCUT2D eigenvalue weighted by molar-refractivity contribution is -0.357. The maximum Gasteiger partial charge on any atom is 0.443 e. The Balaban J connectivity index is 4.56. The van der Waals surface area contributed by atoms with Gasteiger partial charge in [-0.15, -0.1) is 0 Å². The molecule has 1 unspecified atom stereocenters. The minimum atomic E-state index is -5.03. The highest BCUT2D eigenvalue weighted by Crippen LogP contribution is 2.33. The number of hydrogen-bond donors (Lipinski definition) is 1. The van der Waals surface area contributed by atoms with Crippen molar-refractivity contribution in [3.63, 3.8) is 0 Å². The molecule has 0 aromatic heterocycles. The van der Waals surface area contributed by atoms with Gasteiger partial charge >= 0.3 is 12.1 Å². The van der Waals surface area contributed by atoms with Crippen LogP contribution in [-0.4, -0.2) is 37.3 Å². The zero-order valence-corrected chi connectivity index (χ0v) is 7.01. The Hall–Kier alpha value is -0.820. The molecule has 0 aliphatic carbocycles. The highest BCUT2D eigenvalue weighted by Gasteiger charge is 2.56. The van der Waals surface area contributed by atoms with Crippen LogP contribution in [0.2, 0.25) is 0 Å². The summed E-state index contributed by atoms with van der Waals surface area (Å²) >= 11 is 0. The molecule has 0 rings (SSSR count). The first kappa shape index (κ1) is 12.2. The summed E-state index contributed by atoms with van der Waals surface area (Å²) in [5, 5.41) is 8.81. The van der Waals surface area contributed by atoms with E-state index in [1.807, 2.05) is 0 Å². The van der Waals surface area contributed by atoms with Crippen molar-refractivity contribution in [1.29, 1.82) is 0 Å². The number of esters is 1. The van der Waals surface area contributed by atoms with Crippen molar-refractivity contribution in [2.75, 3.05) is 14.2 Å². The van der Waals surface area contributed by atoms with Crippen molar-refractivity contribution < 1.29 is 32.5 Å². The monoisotopic (exact) mass is 202 g/mol. The fraction of sp³-hybridized carbons (Fsp3) is 0.833. The van der Waals surface area contributed by atoms with Gasteiger partial charge in [0.05, 0.1) is 7.11 Å². The lowest BCUT2D eigenvalue weighted by atomic mass is 10.2. The van der Waals surface area contributed by atoms with Crippen molar-refractivity contribution in [3.05, 3.63) is 0 Å². The SMILES string of the molecule is COC(=O)CC(O)(OC)C(F)(F)F. The molecule has 0 aromatic rings. The van der Waals surface area contributed by atoms with E-state index in [2.05, 4.69) is 9.47 Å². The van der Waals surface area contributed by atoms with E-state index in [1.165, 1.54) is 0 Å². The molecule has 0 saturated carbocycles. The summed E-state index contributed by atoms with van der Waals surface area (Å²) in [4.78, 5) is 10.5. The second-order valence-corrected chi connectivity index (χ2v) is 2.24. The van der Waals surface area contributed by atoms with Gasteiger partial charge in [0, 0.05) is 7.11 Å². The molecule has 4 nitrogen and oxygen atoms in total. The predicted molar refractivity (Wildman–Crippen MR) is 34.6 cm³/mol. The molecule has 0 aliphatic heterocycles. The average Bonchev–Trinajstić information content (AvgIpc) is 2.02. The minimum absolute atomic E-state index is 0.649. The van der Waals surface area contributed by atoms with Gasteiger partial charge in [-0.2, -0.15) is 13.2 Å². The Labute approximate surface area is 72.2 Å². The van der Waals surface area contributed by atoms with Gasteiger partial charge in [-0.1, -0.05) is 0 Å². The van der Waals surface area contributed by atoms with E-state index in [9.17, 15) is 18.0 Å². The van der Waals surface area contributed by atoms with Crippen LogP contribution in [0.5, 0.6) is 0 Å². The Morgan fingerprint density at radius 2 is 1.85 bits per heavy atom. The number of ether oxygens (including phenoxy) is 2. The van der Waals surface area contributed by atoms with E-state index in [1.54, 1.807) is 0 Å². The van der Waals surface area contributed by atoms with Crippen LogP contribution in [-0.2, 0) is 14.3 Å². The third-order valence-electron chi connectivity index (χ3n) is 1.39. The summed E-state index contributed by atoms with van der Waals surface area (Å²) in [5.41, 5.74) is 0. The van der Waals surface area contributed by atoms with Crippen molar-refractivity contribution in [1.82, 2.24) is 0 Å². The summed E-state index contributed by atoms with van der Waals surface area (Å²) in [6.45, 7) is 0. The minimum Gasteiger partial charge on any atom is -0.469 e. The van der Waals surface area contributed by atoms with E-state index in [-0.39, 0.29) is 0 Å². The number of hydrogen-bond acceptors (Lipinski definition) is 4. The fourth-order valence-electron chi connectivity index (χ4n) is 0.556. The second kappa shape index (κ2) is 3.93. The highest BCUT2D eigenvalue weighted by atomic mass is 19.4. The summed E-state index contributed by atoms with van der Waals surface area (Å²) < 4.78 is 43.8. The largest absolute Gasteiger partial charge is 0.469 e. The topological polar surface area (TPSA) is 55.8 Å². The van der Waals surface area contributed by atoms with Gasteiger partial charge in [0.2, 0.25) is 0 Å². The average molecular weight is 202 g/mol. The number of methoxy groups -OCH3 is 2. The molecule has 13 heavy (non-hydrogen) atoms. The van der Waals surface area contributed by atoms with E-state index in [0.29, 0.717) is 7.11 Å². The van der Waals surface area contributed by atoms with E-state index >= 15 is 0 Å². The van der Waals surface area contributed by atoms with Crippen LogP contribution >= 0.6 is 0 Å². The molecule has 0 aliphatic rings. The first-order valence-corrected chi connectivity index (χ1v) is 3.18. The van der Waals surface area contributed by atoms with E-state index < -0.39 is 24.4 Å². The summed E-state index contributed by atoms with van der Waals surface area (Å²) in [6, 6.07) is 0. The number of carbonyl (C=O) groups is 1. The second-order valence-electron chi connectivity index (χ2n) is 2.24. The van der Waals surface area contributed by atoms with Gasteiger partial charge in [0.25, 0.3) is 5.79 Å². The van der Waals surface area contributed by atoms with Crippen molar-refractivity contribution in [2.45, 2.75) is 18.4 Å². The Bertz CT molecular complexity index is 191. The molecular weight excluding hydrogens is 193 g/mol. The number of alkyl halides is 3. The zero-order valence-electron chi connectivity index (χ0n) is 7.01. The molecule has 0 aromatic carbocycles. The summed E-state index contributed by atoms with van der Waals surface area (Å²) in [5.74, 6) is -4.68. The predicted octanol–water partition coefficient (Wildman–Crippen LogP) is 0.447. The van der Waals surface area contributed by atoms with Gasteiger partial charge in [-0.05, 0) is 0 Å². The Morgan fingerprint density at radius 3 is 2.08 bits per heavy atom. The standard InChI is InChI=1S/C6H9F3O4/c1-12-4(10)3-5(11,13-2)6(7,8)9/h11H,3H2,1-2H3. The van der Waals surface area contributed by atoms with Crippen LogP contribution in [0, 0.1) is 0 Å². The van der Waals surface area contributed by atoms with Crippen molar-refractivity contribution in [2.24, 2.45) is 0 Å². The molecule has 0 heterocycles. The number of rotatable bonds is 3. The maximum atomic E-state index is 12.0. The van der Waals surface area contributed by atoms with Gasteiger partial charge in [0.1, 0.15) is 6.42 Å².